The first-order chi connectivity index (χ1) is 4.85. The molecule has 0 unspecified atom stereocenters. The molecule has 0 saturated heterocycles. The van der Waals surface area contributed by atoms with Gasteiger partial charge in [-0.2, -0.15) is 0 Å². The van der Waals surface area contributed by atoms with Gasteiger partial charge in [0.1, 0.15) is 0 Å². The van der Waals surface area contributed by atoms with Crippen LogP contribution in [0.3, 0.4) is 0 Å². The van der Waals surface area contributed by atoms with Crippen LogP contribution < -0.4 is 0 Å². The van der Waals surface area contributed by atoms with E-state index in [-0.39, 0.29) is 0 Å². The normalized spacial score (nSPS) is 10.3. The van der Waals surface area contributed by atoms with Crippen LogP contribution in [0.1, 0.15) is 26.7 Å². The van der Waals surface area contributed by atoms with Gasteiger partial charge in [0.2, 0.25) is 0 Å². The number of unbranched alkanes of at least 4 members (excludes halogenated alkanes) is 1. The van der Waals surface area contributed by atoms with Gasteiger partial charge in [0.05, 0.1) is 0 Å². The van der Waals surface area contributed by atoms with Gasteiger partial charge in [-0.3, -0.25) is 0 Å². The molecule has 0 rings (SSSR count). The molecule has 60 valence electrons. The molecular weight excluding hydrogens is 139 g/mol. The second-order valence-corrected chi connectivity index (χ2v) is 5.51. The number of hydrogen-bond donors (Lipinski definition) is 0. The lowest BCUT2D eigenvalue weighted by Gasteiger charge is -2.11. The highest BCUT2D eigenvalue weighted by Gasteiger charge is 1.99. The van der Waals surface area contributed by atoms with Gasteiger partial charge in [0.15, 0.2) is 0 Å². The lowest BCUT2D eigenvalue weighted by Crippen LogP contribution is -1.88. The molecule has 0 saturated carbocycles. The van der Waals surface area contributed by atoms with Crippen LogP contribution in [0.15, 0.2) is 12.7 Å². The summed E-state index contributed by atoms with van der Waals surface area (Å²) >= 11 is 0. The highest BCUT2D eigenvalue weighted by Crippen LogP contribution is 2.34. The van der Waals surface area contributed by atoms with Crippen molar-refractivity contribution in [2.75, 3.05) is 18.5 Å². The van der Waals surface area contributed by atoms with E-state index < -0.39 is 0 Å². The molecule has 1 heteroatoms. The summed E-state index contributed by atoms with van der Waals surface area (Å²) in [6, 6.07) is 0. The zero-order valence-corrected chi connectivity index (χ0v) is 8.16. The molecule has 0 radical (unpaired) electrons. The standard InChI is InChI=1S/C9H19P/c1-4-7-8-9-10(5-2)6-3/h4H,1,5-9H2,2-3H3. The van der Waals surface area contributed by atoms with Crippen LogP contribution in [0.25, 0.3) is 0 Å². The Morgan fingerprint density at radius 1 is 1.30 bits per heavy atom. The molecule has 0 amide bonds. The van der Waals surface area contributed by atoms with Crippen LogP contribution >= 0.6 is 7.92 Å². The maximum atomic E-state index is 3.72. The Balaban J connectivity index is 3.16. The second kappa shape index (κ2) is 7.28. The van der Waals surface area contributed by atoms with Gasteiger partial charge in [-0.25, -0.2) is 0 Å². The Hall–Kier alpha value is 0.170. The fourth-order valence-electron chi connectivity index (χ4n) is 0.999. The van der Waals surface area contributed by atoms with Crippen molar-refractivity contribution in [2.45, 2.75) is 26.7 Å². The lowest BCUT2D eigenvalue weighted by atomic mass is 10.3. The topological polar surface area (TPSA) is 0 Å². The van der Waals surface area contributed by atoms with E-state index >= 15 is 0 Å². The summed E-state index contributed by atoms with van der Waals surface area (Å²) < 4.78 is 0. The Labute approximate surface area is 66.5 Å². The fourth-order valence-corrected chi connectivity index (χ4v) is 2.71. The lowest BCUT2D eigenvalue weighted by molar-refractivity contribution is 0.963. The van der Waals surface area contributed by atoms with E-state index in [9.17, 15) is 0 Å². The van der Waals surface area contributed by atoms with Gasteiger partial charge < -0.3 is 0 Å². The Morgan fingerprint density at radius 2 is 1.90 bits per heavy atom. The molecule has 0 aromatic heterocycles. The third-order valence-electron chi connectivity index (χ3n) is 1.78. The first kappa shape index (κ1) is 10.2. The maximum absolute atomic E-state index is 3.72. The van der Waals surface area contributed by atoms with Crippen molar-refractivity contribution in [3.63, 3.8) is 0 Å². The molecule has 0 aliphatic rings. The summed E-state index contributed by atoms with van der Waals surface area (Å²) in [4.78, 5) is 0. The molecule has 0 nitrogen and oxygen atoms in total. The molecule has 10 heavy (non-hydrogen) atoms. The van der Waals surface area contributed by atoms with Crippen molar-refractivity contribution in [1.82, 2.24) is 0 Å². The summed E-state index contributed by atoms with van der Waals surface area (Å²) in [5.41, 5.74) is 0. The molecule has 0 N–H and O–H groups in total. The van der Waals surface area contributed by atoms with E-state index in [1.807, 2.05) is 6.08 Å². The van der Waals surface area contributed by atoms with Gasteiger partial charge in [-0.15, -0.1) is 14.5 Å². The highest BCUT2D eigenvalue weighted by molar-refractivity contribution is 7.57. The van der Waals surface area contributed by atoms with Gasteiger partial charge in [0, 0.05) is 0 Å². The minimum atomic E-state index is 0.384. The maximum Gasteiger partial charge on any atom is -0.0323 e. The van der Waals surface area contributed by atoms with Crippen molar-refractivity contribution >= 4 is 7.92 Å². The first-order valence-corrected chi connectivity index (χ1v) is 6.08. The third kappa shape index (κ3) is 4.99. The van der Waals surface area contributed by atoms with Gasteiger partial charge in [-0.05, 0) is 31.3 Å². The third-order valence-corrected chi connectivity index (χ3v) is 4.51. The van der Waals surface area contributed by atoms with Crippen molar-refractivity contribution in [3.8, 4) is 0 Å². The average Bonchev–Trinajstić information content (AvgIpc) is 1.99. The molecule has 0 bridgehead atoms. The average molecular weight is 158 g/mol. The summed E-state index contributed by atoms with van der Waals surface area (Å²) in [7, 11) is 0.384. The Kier molecular flexibility index (Phi) is 7.40. The van der Waals surface area contributed by atoms with Gasteiger partial charge in [-0.1, -0.05) is 19.9 Å². The molecule has 0 aromatic carbocycles. The van der Waals surface area contributed by atoms with Gasteiger partial charge >= 0.3 is 0 Å². The minimum Gasteiger partial charge on any atom is -0.107 e. The van der Waals surface area contributed by atoms with Crippen LogP contribution in [-0.4, -0.2) is 18.5 Å². The van der Waals surface area contributed by atoms with Crippen molar-refractivity contribution in [1.29, 1.82) is 0 Å². The zero-order chi connectivity index (χ0) is 7.82. The Morgan fingerprint density at radius 3 is 2.30 bits per heavy atom. The van der Waals surface area contributed by atoms with Gasteiger partial charge in [0.25, 0.3) is 0 Å². The van der Waals surface area contributed by atoms with Crippen LogP contribution in [-0.2, 0) is 0 Å². The predicted molar refractivity (Wildman–Crippen MR) is 52.3 cm³/mol. The minimum absolute atomic E-state index is 0.384. The van der Waals surface area contributed by atoms with Crippen LogP contribution in [0.4, 0.5) is 0 Å². The monoisotopic (exact) mass is 158 g/mol. The highest BCUT2D eigenvalue weighted by atomic mass is 31.1. The largest absolute Gasteiger partial charge is 0.107 e. The first-order valence-electron chi connectivity index (χ1n) is 4.18. The van der Waals surface area contributed by atoms with Crippen molar-refractivity contribution in [3.05, 3.63) is 12.7 Å². The molecule has 0 atom stereocenters. The molecule has 0 spiro atoms. The summed E-state index contributed by atoms with van der Waals surface area (Å²) in [6.07, 6.45) is 8.86. The molecule has 0 aromatic rings. The number of hydrogen-bond acceptors (Lipinski definition) is 0. The summed E-state index contributed by atoms with van der Waals surface area (Å²) in [6.45, 7) is 8.33. The van der Waals surface area contributed by atoms with Crippen LogP contribution in [0.2, 0.25) is 0 Å². The summed E-state index contributed by atoms with van der Waals surface area (Å²) in [5, 5.41) is 0. The smallest absolute Gasteiger partial charge is 0.0323 e. The predicted octanol–water partition coefficient (Wildman–Crippen LogP) is 3.47. The summed E-state index contributed by atoms with van der Waals surface area (Å²) in [5.74, 6) is 0. The van der Waals surface area contributed by atoms with E-state index in [1.165, 1.54) is 31.3 Å². The fraction of sp³-hybridized carbons (Fsp3) is 0.778. The SMILES string of the molecule is C=CCCCP(CC)CC. The molecule has 0 aliphatic carbocycles. The van der Waals surface area contributed by atoms with E-state index in [0.717, 1.165) is 0 Å². The zero-order valence-electron chi connectivity index (χ0n) is 7.27. The van der Waals surface area contributed by atoms with Crippen LogP contribution in [0.5, 0.6) is 0 Å². The van der Waals surface area contributed by atoms with E-state index in [4.69, 9.17) is 0 Å². The van der Waals surface area contributed by atoms with Crippen molar-refractivity contribution < 1.29 is 0 Å². The van der Waals surface area contributed by atoms with E-state index in [1.54, 1.807) is 0 Å². The second-order valence-electron chi connectivity index (χ2n) is 2.46. The Bertz CT molecular complexity index is 74.8. The molecule has 0 aliphatic heterocycles. The number of rotatable bonds is 6. The quantitative estimate of drug-likeness (QED) is 0.315. The number of allylic oxidation sites excluding steroid dienone is 1. The van der Waals surface area contributed by atoms with Crippen LogP contribution in [0, 0.1) is 0 Å². The molecule has 0 heterocycles. The van der Waals surface area contributed by atoms with Crippen molar-refractivity contribution in [2.24, 2.45) is 0 Å². The van der Waals surface area contributed by atoms with E-state index in [2.05, 4.69) is 20.4 Å². The van der Waals surface area contributed by atoms with E-state index in [0.29, 0.717) is 7.92 Å². The molecule has 0 fully saturated rings. The molecular formula is C9H19P.